The zero-order chi connectivity index (χ0) is 11.4. The number of hydrogen-bond donors (Lipinski definition) is 0. The number of hydrogen-bond acceptors (Lipinski definition) is 3. The van der Waals surface area contributed by atoms with E-state index in [1.165, 1.54) is 19.3 Å². The Kier molecular flexibility index (Phi) is 3.49. The van der Waals surface area contributed by atoms with E-state index in [9.17, 15) is 0 Å². The van der Waals surface area contributed by atoms with Crippen LogP contribution in [0.1, 0.15) is 45.6 Å². The number of fused-ring (bicyclic) bond motifs is 1. The largest absolute Gasteiger partial charge is 0.244 e. The quantitative estimate of drug-likeness (QED) is 0.725. The zero-order valence-electron chi connectivity index (χ0n) is 9.93. The molecule has 1 unspecified atom stereocenters. The van der Waals surface area contributed by atoms with Crippen molar-refractivity contribution < 1.29 is 0 Å². The highest BCUT2D eigenvalue weighted by molar-refractivity contribution is 5.72. The van der Waals surface area contributed by atoms with Crippen molar-refractivity contribution in [3.8, 4) is 0 Å². The van der Waals surface area contributed by atoms with Crippen LogP contribution in [0.15, 0.2) is 18.7 Å². The Hall–Kier alpha value is -1.45. The van der Waals surface area contributed by atoms with Crippen LogP contribution in [0.4, 0.5) is 0 Å². The summed E-state index contributed by atoms with van der Waals surface area (Å²) < 4.78 is 2.01. The van der Waals surface area contributed by atoms with Crippen LogP contribution < -0.4 is 0 Å². The van der Waals surface area contributed by atoms with E-state index < -0.39 is 0 Å². The SMILES string of the molecule is CCCCCC(C)n1ncc2cncnc21. The fraction of sp³-hybridized carbons (Fsp3) is 0.583. The number of nitrogens with zero attached hydrogens (tertiary/aromatic N) is 4. The lowest BCUT2D eigenvalue weighted by Gasteiger charge is -2.12. The second-order valence-corrected chi connectivity index (χ2v) is 4.24. The molecule has 4 heteroatoms. The van der Waals surface area contributed by atoms with E-state index in [-0.39, 0.29) is 0 Å². The standard InChI is InChI=1S/C12H18N4/c1-3-4-5-6-10(2)16-12-11(8-15-16)7-13-9-14-12/h7-10H,3-6H2,1-2H3. The van der Waals surface area contributed by atoms with Crippen LogP contribution >= 0.6 is 0 Å². The number of unbranched alkanes of at least 4 members (excludes halogenated alkanes) is 2. The molecule has 0 aromatic carbocycles. The Bertz CT molecular complexity index is 449. The lowest BCUT2D eigenvalue weighted by atomic mass is 10.1. The fourth-order valence-corrected chi connectivity index (χ4v) is 1.93. The first-order valence-corrected chi connectivity index (χ1v) is 5.96. The Morgan fingerprint density at radius 2 is 2.19 bits per heavy atom. The van der Waals surface area contributed by atoms with E-state index in [1.54, 1.807) is 6.33 Å². The normalized spacial score (nSPS) is 13.1. The molecule has 1 atom stereocenters. The first kappa shape index (κ1) is 11.0. The maximum atomic E-state index is 4.39. The smallest absolute Gasteiger partial charge is 0.161 e. The van der Waals surface area contributed by atoms with Crippen LogP contribution in [0.2, 0.25) is 0 Å². The highest BCUT2D eigenvalue weighted by atomic mass is 15.3. The molecule has 0 aliphatic rings. The van der Waals surface area contributed by atoms with Crippen molar-refractivity contribution in [1.82, 2.24) is 19.7 Å². The average molecular weight is 218 g/mol. The molecule has 0 spiro atoms. The predicted octanol–water partition coefficient (Wildman–Crippen LogP) is 2.97. The summed E-state index contributed by atoms with van der Waals surface area (Å²) in [4.78, 5) is 8.28. The lowest BCUT2D eigenvalue weighted by molar-refractivity contribution is 0.448. The molecule has 2 aromatic rings. The van der Waals surface area contributed by atoms with Gasteiger partial charge in [0.2, 0.25) is 0 Å². The van der Waals surface area contributed by atoms with Gasteiger partial charge in [0.05, 0.1) is 17.6 Å². The van der Waals surface area contributed by atoms with Gasteiger partial charge in [-0.15, -0.1) is 0 Å². The molecule has 0 aliphatic carbocycles. The highest BCUT2D eigenvalue weighted by Gasteiger charge is 2.10. The van der Waals surface area contributed by atoms with E-state index in [2.05, 4.69) is 28.9 Å². The van der Waals surface area contributed by atoms with E-state index in [4.69, 9.17) is 0 Å². The van der Waals surface area contributed by atoms with Gasteiger partial charge in [0.1, 0.15) is 6.33 Å². The van der Waals surface area contributed by atoms with Gasteiger partial charge in [-0.05, 0) is 13.3 Å². The van der Waals surface area contributed by atoms with Gasteiger partial charge in [0, 0.05) is 6.20 Å². The van der Waals surface area contributed by atoms with Crippen LogP contribution in [0, 0.1) is 0 Å². The molecule has 0 saturated heterocycles. The highest BCUT2D eigenvalue weighted by Crippen LogP contribution is 2.19. The molecule has 0 bridgehead atoms. The Labute approximate surface area is 95.7 Å². The van der Waals surface area contributed by atoms with Crippen LogP contribution in [-0.4, -0.2) is 19.7 Å². The van der Waals surface area contributed by atoms with Crippen molar-refractivity contribution in [3.63, 3.8) is 0 Å². The second-order valence-electron chi connectivity index (χ2n) is 4.24. The summed E-state index contributed by atoms with van der Waals surface area (Å²) in [7, 11) is 0. The first-order chi connectivity index (χ1) is 7.83. The van der Waals surface area contributed by atoms with E-state index in [1.807, 2.05) is 17.1 Å². The lowest BCUT2D eigenvalue weighted by Crippen LogP contribution is -2.07. The van der Waals surface area contributed by atoms with Crippen molar-refractivity contribution in [1.29, 1.82) is 0 Å². The molecular weight excluding hydrogens is 200 g/mol. The van der Waals surface area contributed by atoms with Crippen molar-refractivity contribution in [2.45, 2.75) is 45.6 Å². The molecule has 0 fully saturated rings. The van der Waals surface area contributed by atoms with Crippen LogP contribution in [0.5, 0.6) is 0 Å². The van der Waals surface area contributed by atoms with Gasteiger partial charge in [-0.2, -0.15) is 5.10 Å². The minimum absolute atomic E-state index is 0.416. The van der Waals surface area contributed by atoms with Crippen molar-refractivity contribution in [2.75, 3.05) is 0 Å². The Morgan fingerprint density at radius 3 is 3.00 bits per heavy atom. The molecular formula is C12H18N4. The van der Waals surface area contributed by atoms with Gasteiger partial charge >= 0.3 is 0 Å². The zero-order valence-corrected chi connectivity index (χ0v) is 9.93. The molecule has 4 nitrogen and oxygen atoms in total. The summed E-state index contributed by atoms with van der Waals surface area (Å²) in [6.45, 7) is 4.42. The minimum Gasteiger partial charge on any atom is -0.244 e. The molecule has 0 amide bonds. The average Bonchev–Trinajstić information content (AvgIpc) is 2.73. The summed E-state index contributed by atoms with van der Waals surface area (Å²) in [6.07, 6.45) is 10.2. The van der Waals surface area contributed by atoms with Gasteiger partial charge in [0.25, 0.3) is 0 Å². The van der Waals surface area contributed by atoms with Gasteiger partial charge in [0.15, 0.2) is 5.65 Å². The van der Waals surface area contributed by atoms with Gasteiger partial charge < -0.3 is 0 Å². The van der Waals surface area contributed by atoms with Gasteiger partial charge in [-0.25, -0.2) is 14.6 Å². The summed E-state index contributed by atoms with van der Waals surface area (Å²) in [5.41, 5.74) is 0.944. The maximum Gasteiger partial charge on any atom is 0.161 e. The Balaban J connectivity index is 2.13. The van der Waals surface area contributed by atoms with Crippen LogP contribution in [0.25, 0.3) is 11.0 Å². The molecule has 86 valence electrons. The number of rotatable bonds is 5. The molecule has 16 heavy (non-hydrogen) atoms. The molecule has 0 saturated carbocycles. The third-order valence-corrected chi connectivity index (χ3v) is 2.90. The summed E-state index contributed by atoms with van der Waals surface area (Å²) in [6, 6.07) is 0.416. The van der Waals surface area contributed by atoms with Gasteiger partial charge in [-0.1, -0.05) is 26.2 Å². The predicted molar refractivity (Wildman–Crippen MR) is 64.2 cm³/mol. The summed E-state index contributed by atoms with van der Waals surface area (Å²) in [5, 5.41) is 5.41. The third kappa shape index (κ3) is 2.21. The first-order valence-electron chi connectivity index (χ1n) is 5.96. The maximum absolute atomic E-state index is 4.39. The Morgan fingerprint density at radius 1 is 1.31 bits per heavy atom. The van der Waals surface area contributed by atoms with Crippen LogP contribution in [0.3, 0.4) is 0 Å². The van der Waals surface area contributed by atoms with Crippen molar-refractivity contribution >= 4 is 11.0 Å². The number of aromatic nitrogens is 4. The van der Waals surface area contributed by atoms with Crippen molar-refractivity contribution in [3.05, 3.63) is 18.7 Å². The monoisotopic (exact) mass is 218 g/mol. The van der Waals surface area contributed by atoms with Crippen molar-refractivity contribution in [2.24, 2.45) is 0 Å². The second kappa shape index (κ2) is 5.05. The summed E-state index contributed by atoms with van der Waals surface area (Å²) >= 11 is 0. The minimum atomic E-state index is 0.416. The van der Waals surface area contributed by atoms with E-state index in [0.29, 0.717) is 6.04 Å². The molecule has 2 rings (SSSR count). The topological polar surface area (TPSA) is 43.6 Å². The molecule has 2 heterocycles. The van der Waals surface area contributed by atoms with E-state index in [0.717, 1.165) is 17.5 Å². The molecule has 0 radical (unpaired) electrons. The van der Waals surface area contributed by atoms with Crippen LogP contribution in [-0.2, 0) is 0 Å². The van der Waals surface area contributed by atoms with E-state index >= 15 is 0 Å². The fourth-order valence-electron chi connectivity index (χ4n) is 1.93. The molecule has 2 aromatic heterocycles. The van der Waals surface area contributed by atoms with Gasteiger partial charge in [-0.3, -0.25) is 0 Å². The molecule has 0 aliphatic heterocycles. The molecule has 0 N–H and O–H groups in total. The summed E-state index contributed by atoms with van der Waals surface area (Å²) in [5.74, 6) is 0. The third-order valence-electron chi connectivity index (χ3n) is 2.90.